The van der Waals surface area contributed by atoms with Gasteiger partial charge in [0.15, 0.2) is 11.7 Å². The molecule has 14 atom stereocenters. The summed E-state index contributed by atoms with van der Waals surface area (Å²) in [4.78, 5) is 51.2. The van der Waals surface area contributed by atoms with Gasteiger partial charge in [0.1, 0.15) is 36.6 Å². The first-order valence-corrected chi connectivity index (χ1v) is 15.2. The lowest BCUT2D eigenvalue weighted by molar-refractivity contribution is -0.227. The quantitative estimate of drug-likeness (QED) is 0.113. The van der Waals surface area contributed by atoms with Gasteiger partial charge in [-0.25, -0.2) is 0 Å². The topological polar surface area (TPSA) is 150 Å². The molecule has 3 heterocycles. The van der Waals surface area contributed by atoms with Gasteiger partial charge in [0.2, 0.25) is 0 Å². The molecule has 3 aliphatic heterocycles. The van der Waals surface area contributed by atoms with E-state index in [4.69, 9.17) is 40.0 Å². The lowest BCUT2D eigenvalue weighted by Crippen LogP contribution is -2.69. The fourth-order valence-electron chi connectivity index (χ4n) is 7.82. The summed E-state index contributed by atoms with van der Waals surface area (Å²) in [5.41, 5.74) is -2.92. The second kappa shape index (κ2) is 11.1. The van der Waals surface area contributed by atoms with Crippen LogP contribution in [0.1, 0.15) is 67.2 Å². The van der Waals surface area contributed by atoms with Crippen LogP contribution in [0.25, 0.3) is 0 Å². The monoisotopic (exact) mass is 612 g/mol. The number of halogens is 1. The molecule has 0 radical (unpaired) electrons. The third kappa shape index (κ3) is 4.84. The number of fused-ring (bicyclic) bond motifs is 5. The van der Waals surface area contributed by atoms with Crippen molar-refractivity contribution in [1.82, 2.24) is 0 Å². The third-order valence-electron chi connectivity index (χ3n) is 10.1. The van der Waals surface area contributed by atoms with Gasteiger partial charge in [-0.3, -0.25) is 19.2 Å². The maximum atomic E-state index is 13.1. The molecule has 2 aliphatic carbocycles. The van der Waals surface area contributed by atoms with Crippen LogP contribution >= 0.6 is 11.6 Å². The van der Waals surface area contributed by atoms with E-state index < -0.39 is 101 Å². The number of epoxide rings is 2. The van der Waals surface area contributed by atoms with Crippen molar-refractivity contribution in [3.63, 3.8) is 0 Å². The first kappa shape index (κ1) is 31.2. The molecule has 234 valence electrons. The Balaban J connectivity index is 1.66. The van der Waals surface area contributed by atoms with Crippen LogP contribution in [-0.2, 0) is 47.6 Å². The minimum absolute atomic E-state index is 0.235. The highest BCUT2D eigenvalue weighted by molar-refractivity contribution is 6.23. The van der Waals surface area contributed by atoms with E-state index in [0.29, 0.717) is 12.0 Å². The predicted octanol–water partition coefficient (Wildman–Crippen LogP) is 2.62. The summed E-state index contributed by atoms with van der Waals surface area (Å²) in [6, 6.07) is 0. The molecule has 5 rings (SSSR count). The molecule has 1 N–H and O–H groups in total. The maximum Gasteiger partial charge on any atom is 0.312 e. The molecule has 11 nitrogen and oxygen atoms in total. The van der Waals surface area contributed by atoms with Crippen molar-refractivity contribution in [2.75, 3.05) is 0 Å². The summed E-state index contributed by atoms with van der Waals surface area (Å²) in [5, 5.41) is 11.5. The van der Waals surface area contributed by atoms with Crippen LogP contribution < -0.4 is 0 Å². The van der Waals surface area contributed by atoms with Crippen molar-refractivity contribution in [1.29, 1.82) is 0 Å². The van der Waals surface area contributed by atoms with Crippen molar-refractivity contribution in [2.45, 2.75) is 127 Å². The van der Waals surface area contributed by atoms with Crippen molar-refractivity contribution in [3.05, 3.63) is 12.2 Å². The zero-order valence-corrected chi connectivity index (χ0v) is 25.6. The summed E-state index contributed by atoms with van der Waals surface area (Å²) < 4.78 is 35.8. The summed E-state index contributed by atoms with van der Waals surface area (Å²) in [7, 11) is 0. The van der Waals surface area contributed by atoms with Gasteiger partial charge in [0, 0.05) is 37.5 Å². The van der Waals surface area contributed by atoms with Crippen LogP contribution in [0.5, 0.6) is 0 Å². The number of carbonyl (C=O) groups excluding carboxylic acids is 4. The average molecular weight is 613 g/mol. The molecule has 0 aromatic heterocycles. The fourth-order valence-corrected chi connectivity index (χ4v) is 8.19. The standard InChI is InChI=1S/C30H41ClO11/c1-8-9-10-11-17(34)39-20-12(2)18-24(37-15(5)32)30(36)14(4)28(35)42-25(30)19(31)13(3)21-22(40-21)26(38-16(6)33)29(18,7)27-23(20)41-27/h12,14,18-27,36H,3,8-11H2,1-2,4-7H3. The third-order valence-corrected chi connectivity index (χ3v) is 10.6. The summed E-state index contributed by atoms with van der Waals surface area (Å²) in [6.45, 7) is 13.8. The van der Waals surface area contributed by atoms with Crippen molar-refractivity contribution < 1.29 is 52.7 Å². The number of alkyl halides is 1. The first-order chi connectivity index (χ1) is 19.7. The van der Waals surface area contributed by atoms with Crippen LogP contribution in [-0.4, -0.2) is 88.8 Å². The molecule has 5 aliphatic rings. The number of carbonyl (C=O) groups is 4. The zero-order valence-electron chi connectivity index (χ0n) is 24.9. The molecule has 0 spiro atoms. The SMILES string of the molecule is C=C1C(Cl)C2OC(=O)C(C)C2(O)C(OC(C)=O)C2C(C)C(OC(=O)CCCCC)C3OC3C2(C)C(OC(C)=O)C2OC12. The highest BCUT2D eigenvalue weighted by Crippen LogP contribution is 2.64. The van der Waals surface area contributed by atoms with Gasteiger partial charge >= 0.3 is 23.9 Å². The van der Waals surface area contributed by atoms with Gasteiger partial charge in [-0.2, -0.15) is 0 Å². The normalized spacial score (nSPS) is 47.0. The predicted molar refractivity (Wildman–Crippen MR) is 146 cm³/mol. The average Bonchev–Trinajstić information content (AvgIpc) is 3.84. The molecular formula is C30H41ClO11. The van der Waals surface area contributed by atoms with Crippen LogP contribution in [0.2, 0.25) is 0 Å². The molecule has 12 heteroatoms. The number of hydrogen-bond acceptors (Lipinski definition) is 11. The lowest BCUT2D eigenvalue weighted by Gasteiger charge is -2.54. The molecule has 0 aromatic rings. The summed E-state index contributed by atoms with van der Waals surface area (Å²) in [6.07, 6.45) is -4.16. The molecule has 3 saturated heterocycles. The van der Waals surface area contributed by atoms with Crippen LogP contribution in [0.4, 0.5) is 0 Å². The number of ether oxygens (including phenoxy) is 6. The zero-order chi connectivity index (χ0) is 30.9. The minimum Gasteiger partial charge on any atom is -0.459 e. The maximum absolute atomic E-state index is 13.1. The smallest absolute Gasteiger partial charge is 0.312 e. The van der Waals surface area contributed by atoms with E-state index >= 15 is 0 Å². The Kier molecular flexibility index (Phi) is 8.22. The summed E-state index contributed by atoms with van der Waals surface area (Å²) in [5.74, 6) is -5.01. The Labute approximate surface area is 250 Å². The Morgan fingerprint density at radius 2 is 1.64 bits per heavy atom. The molecule has 2 saturated carbocycles. The van der Waals surface area contributed by atoms with E-state index in [9.17, 15) is 24.3 Å². The van der Waals surface area contributed by atoms with Gasteiger partial charge in [0.25, 0.3) is 0 Å². The van der Waals surface area contributed by atoms with E-state index in [1.54, 1.807) is 0 Å². The van der Waals surface area contributed by atoms with Crippen molar-refractivity contribution in [3.8, 4) is 0 Å². The highest BCUT2D eigenvalue weighted by atomic mass is 35.5. The summed E-state index contributed by atoms with van der Waals surface area (Å²) >= 11 is 6.85. The minimum atomic E-state index is -2.13. The Hall–Kier alpha value is -2.21. The molecular weight excluding hydrogens is 572 g/mol. The van der Waals surface area contributed by atoms with Crippen LogP contribution in [0, 0.1) is 23.2 Å². The number of aliphatic hydroxyl groups is 1. The number of unbranched alkanes of at least 4 members (excludes halogenated alkanes) is 2. The number of hydrogen-bond donors (Lipinski definition) is 1. The second-order valence-electron chi connectivity index (χ2n) is 12.7. The van der Waals surface area contributed by atoms with E-state index in [0.717, 1.165) is 12.8 Å². The molecule has 14 unspecified atom stereocenters. The molecule has 0 amide bonds. The fraction of sp³-hybridized carbons (Fsp3) is 0.800. The molecule has 0 bridgehead atoms. The Bertz CT molecular complexity index is 1160. The van der Waals surface area contributed by atoms with E-state index in [1.807, 2.05) is 20.8 Å². The molecule has 5 fully saturated rings. The Morgan fingerprint density at radius 1 is 1.00 bits per heavy atom. The number of esters is 4. The van der Waals surface area contributed by atoms with Crippen LogP contribution in [0.15, 0.2) is 12.2 Å². The molecule has 42 heavy (non-hydrogen) atoms. The van der Waals surface area contributed by atoms with E-state index in [1.165, 1.54) is 20.8 Å². The largest absolute Gasteiger partial charge is 0.459 e. The van der Waals surface area contributed by atoms with Crippen molar-refractivity contribution in [2.24, 2.45) is 23.2 Å². The highest BCUT2D eigenvalue weighted by Gasteiger charge is 2.78. The Morgan fingerprint density at radius 3 is 2.26 bits per heavy atom. The number of rotatable bonds is 7. The first-order valence-electron chi connectivity index (χ1n) is 14.8. The van der Waals surface area contributed by atoms with E-state index in [2.05, 4.69) is 6.58 Å². The van der Waals surface area contributed by atoms with Crippen molar-refractivity contribution >= 4 is 35.5 Å². The molecule has 0 aromatic carbocycles. The van der Waals surface area contributed by atoms with Crippen LogP contribution in [0.3, 0.4) is 0 Å². The van der Waals surface area contributed by atoms with Gasteiger partial charge in [0.05, 0.1) is 17.4 Å². The van der Waals surface area contributed by atoms with Gasteiger partial charge in [-0.1, -0.05) is 40.2 Å². The second-order valence-corrected chi connectivity index (χ2v) is 13.2. The van der Waals surface area contributed by atoms with Gasteiger partial charge in [-0.05, 0) is 18.9 Å². The van der Waals surface area contributed by atoms with Gasteiger partial charge in [-0.15, -0.1) is 11.6 Å². The van der Waals surface area contributed by atoms with Gasteiger partial charge < -0.3 is 33.5 Å². The lowest BCUT2D eigenvalue weighted by atomic mass is 9.53. The van der Waals surface area contributed by atoms with E-state index in [-0.39, 0.29) is 12.4 Å².